The lowest BCUT2D eigenvalue weighted by atomic mass is 9.95. The van der Waals surface area contributed by atoms with Crippen LogP contribution in [0.15, 0.2) is 48.5 Å². The van der Waals surface area contributed by atoms with E-state index in [0.717, 1.165) is 22.4 Å². The van der Waals surface area contributed by atoms with Crippen LogP contribution >= 0.6 is 12.4 Å². The third-order valence-corrected chi connectivity index (χ3v) is 4.67. The highest BCUT2D eigenvalue weighted by molar-refractivity contribution is 5.90. The van der Waals surface area contributed by atoms with Crippen molar-refractivity contribution >= 4 is 40.8 Å². The highest BCUT2D eigenvalue weighted by atomic mass is 35.5. The molecule has 0 aliphatic heterocycles. The number of aromatic hydroxyl groups is 1. The summed E-state index contributed by atoms with van der Waals surface area (Å²) in [7, 11) is 0. The van der Waals surface area contributed by atoms with Gasteiger partial charge in [0.2, 0.25) is 5.95 Å². The van der Waals surface area contributed by atoms with E-state index in [4.69, 9.17) is 4.98 Å². The summed E-state index contributed by atoms with van der Waals surface area (Å²) in [6.07, 6.45) is 6.27. The molecule has 1 saturated carbocycles. The summed E-state index contributed by atoms with van der Waals surface area (Å²) in [5.74, 6) is 1.69. The van der Waals surface area contributed by atoms with Crippen molar-refractivity contribution in [1.29, 1.82) is 0 Å². The van der Waals surface area contributed by atoms with Crippen LogP contribution in [0.1, 0.15) is 32.1 Å². The molecule has 0 amide bonds. The molecule has 26 heavy (non-hydrogen) atoms. The van der Waals surface area contributed by atoms with E-state index in [1.807, 2.05) is 30.3 Å². The van der Waals surface area contributed by atoms with Crippen molar-refractivity contribution in [2.24, 2.45) is 0 Å². The smallest absolute Gasteiger partial charge is 0.229 e. The minimum atomic E-state index is 0. The number of fused-ring (bicyclic) bond motifs is 1. The van der Waals surface area contributed by atoms with Crippen molar-refractivity contribution in [1.82, 2.24) is 9.97 Å². The van der Waals surface area contributed by atoms with Crippen LogP contribution in [-0.4, -0.2) is 21.1 Å². The topological polar surface area (TPSA) is 70.1 Å². The van der Waals surface area contributed by atoms with Gasteiger partial charge in [-0.05, 0) is 49.2 Å². The number of phenols is 1. The van der Waals surface area contributed by atoms with Crippen molar-refractivity contribution < 1.29 is 5.11 Å². The average Bonchev–Trinajstić information content (AvgIpc) is 2.65. The number of aromatic nitrogens is 2. The Hall–Kier alpha value is -2.53. The summed E-state index contributed by atoms with van der Waals surface area (Å²) in [6.45, 7) is 0. The molecule has 2 aromatic carbocycles. The van der Waals surface area contributed by atoms with E-state index < -0.39 is 0 Å². The Balaban J connectivity index is 0.00000196. The van der Waals surface area contributed by atoms with Crippen molar-refractivity contribution in [2.75, 3.05) is 10.6 Å². The van der Waals surface area contributed by atoms with E-state index in [0.29, 0.717) is 12.0 Å². The lowest BCUT2D eigenvalue weighted by molar-refractivity contribution is 0.462. The van der Waals surface area contributed by atoms with Gasteiger partial charge >= 0.3 is 0 Å². The molecule has 3 N–H and O–H groups in total. The maximum atomic E-state index is 9.42. The Bertz CT molecular complexity index is 863. The van der Waals surface area contributed by atoms with Crippen LogP contribution in [0.3, 0.4) is 0 Å². The molecule has 0 spiro atoms. The van der Waals surface area contributed by atoms with Gasteiger partial charge in [-0.3, -0.25) is 0 Å². The van der Waals surface area contributed by atoms with Crippen LogP contribution in [0, 0.1) is 0 Å². The van der Waals surface area contributed by atoms with E-state index in [1.165, 1.54) is 32.1 Å². The number of nitrogens with zero attached hydrogens (tertiary/aromatic N) is 2. The second kappa shape index (κ2) is 8.23. The monoisotopic (exact) mass is 370 g/mol. The molecule has 3 aromatic rings. The maximum Gasteiger partial charge on any atom is 0.229 e. The molecule has 0 saturated heterocycles. The minimum Gasteiger partial charge on any atom is -0.508 e. The third kappa shape index (κ3) is 4.17. The maximum absolute atomic E-state index is 9.42. The van der Waals surface area contributed by atoms with E-state index in [2.05, 4.69) is 21.7 Å². The fourth-order valence-corrected chi connectivity index (χ4v) is 3.36. The average molecular weight is 371 g/mol. The Morgan fingerprint density at radius 2 is 1.62 bits per heavy atom. The van der Waals surface area contributed by atoms with E-state index in [9.17, 15) is 5.11 Å². The van der Waals surface area contributed by atoms with Gasteiger partial charge < -0.3 is 15.7 Å². The standard InChI is InChI=1S/C20H22N4O.ClH/c25-16-12-10-15(11-13-16)22-20-23-18-9-5-4-8-17(18)19(24-20)21-14-6-2-1-3-7-14;/h4-5,8-14,25H,1-3,6-7H2,(H2,21,22,23,24);1H. The molecule has 1 heterocycles. The molecule has 6 heteroatoms. The summed E-state index contributed by atoms with van der Waals surface area (Å²) in [4.78, 5) is 9.34. The Morgan fingerprint density at radius 3 is 2.38 bits per heavy atom. The minimum absolute atomic E-state index is 0. The number of benzene rings is 2. The molecule has 0 radical (unpaired) electrons. The molecule has 0 unspecified atom stereocenters. The molecule has 5 nitrogen and oxygen atoms in total. The SMILES string of the molecule is Cl.Oc1ccc(Nc2nc(NC3CCCCC3)c3ccccc3n2)cc1. The fraction of sp³-hybridized carbons (Fsp3) is 0.300. The lowest BCUT2D eigenvalue weighted by Crippen LogP contribution is -2.23. The van der Waals surface area contributed by atoms with E-state index >= 15 is 0 Å². The molecule has 0 atom stereocenters. The van der Waals surface area contributed by atoms with Crippen LogP contribution in [-0.2, 0) is 0 Å². The van der Waals surface area contributed by atoms with Gasteiger partial charge in [-0.2, -0.15) is 4.98 Å². The zero-order valence-corrected chi connectivity index (χ0v) is 15.3. The molecule has 0 bridgehead atoms. The number of hydrogen-bond acceptors (Lipinski definition) is 5. The number of phenolic OH excluding ortho intramolecular Hbond substituents is 1. The van der Waals surface area contributed by atoms with Crippen molar-refractivity contribution in [3.63, 3.8) is 0 Å². The fourth-order valence-electron chi connectivity index (χ4n) is 3.36. The van der Waals surface area contributed by atoms with Crippen LogP contribution in [0.25, 0.3) is 10.9 Å². The van der Waals surface area contributed by atoms with Gasteiger partial charge in [0.05, 0.1) is 5.52 Å². The molecule has 1 fully saturated rings. The second-order valence-corrected chi connectivity index (χ2v) is 6.56. The third-order valence-electron chi connectivity index (χ3n) is 4.67. The van der Waals surface area contributed by atoms with Crippen LogP contribution < -0.4 is 10.6 Å². The second-order valence-electron chi connectivity index (χ2n) is 6.56. The zero-order chi connectivity index (χ0) is 17.1. The first-order valence-electron chi connectivity index (χ1n) is 8.87. The van der Waals surface area contributed by atoms with Crippen molar-refractivity contribution in [2.45, 2.75) is 38.1 Å². The first-order chi connectivity index (χ1) is 12.3. The summed E-state index contributed by atoms with van der Waals surface area (Å²) in [5.41, 5.74) is 1.76. The number of rotatable bonds is 4. The van der Waals surface area contributed by atoms with Gasteiger partial charge in [0.15, 0.2) is 0 Å². The zero-order valence-electron chi connectivity index (χ0n) is 14.5. The quantitative estimate of drug-likeness (QED) is 0.547. The summed E-state index contributed by atoms with van der Waals surface area (Å²) < 4.78 is 0. The van der Waals surface area contributed by atoms with Gasteiger partial charge in [-0.1, -0.05) is 31.4 Å². The molecule has 1 aliphatic carbocycles. The van der Waals surface area contributed by atoms with E-state index in [-0.39, 0.29) is 18.2 Å². The van der Waals surface area contributed by atoms with Crippen LogP contribution in [0.4, 0.5) is 17.5 Å². The van der Waals surface area contributed by atoms with Gasteiger partial charge in [0.25, 0.3) is 0 Å². The predicted octanol–water partition coefficient (Wildman–Crippen LogP) is 5.25. The Labute approximate surface area is 159 Å². The number of anilines is 3. The summed E-state index contributed by atoms with van der Waals surface area (Å²) in [5, 5.41) is 17.3. The van der Waals surface area contributed by atoms with Gasteiger partial charge in [-0.15, -0.1) is 12.4 Å². The molecular formula is C20H23ClN4O. The normalized spacial score (nSPS) is 14.6. The summed E-state index contributed by atoms with van der Waals surface area (Å²) in [6, 6.07) is 15.5. The van der Waals surface area contributed by atoms with Gasteiger partial charge in [0.1, 0.15) is 11.6 Å². The van der Waals surface area contributed by atoms with Gasteiger partial charge in [-0.25, -0.2) is 4.98 Å². The largest absolute Gasteiger partial charge is 0.508 e. The number of nitrogens with one attached hydrogen (secondary N) is 2. The number of halogens is 1. The van der Waals surface area contributed by atoms with Gasteiger partial charge in [0, 0.05) is 17.1 Å². The highest BCUT2D eigenvalue weighted by Crippen LogP contribution is 2.27. The van der Waals surface area contributed by atoms with E-state index in [1.54, 1.807) is 12.1 Å². The Kier molecular flexibility index (Phi) is 5.78. The van der Waals surface area contributed by atoms with Crippen molar-refractivity contribution in [3.8, 4) is 5.75 Å². The first kappa shape index (κ1) is 18.3. The lowest BCUT2D eigenvalue weighted by Gasteiger charge is -2.24. The van der Waals surface area contributed by atoms with Crippen molar-refractivity contribution in [3.05, 3.63) is 48.5 Å². The molecular weight excluding hydrogens is 348 g/mol. The predicted molar refractivity (Wildman–Crippen MR) is 109 cm³/mol. The molecule has 136 valence electrons. The molecule has 1 aromatic heterocycles. The Morgan fingerprint density at radius 1 is 0.885 bits per heavy atom. The highest BCUT2D eigenvalue weighted by Gasteiger charge is 2.16. The first-order valence-corrected chi connectivity index (χ1v) is 8.87. The van der Waals surface area contributed by atoms with Crippen LogP contribution in [0.5, 0.6) is 5.75 Å². The number of para-hydroxylation sites is 1. The summed E-state index contributed by atoms with van der Waals surface area (Å²) >= 11 is 0. The number of hydrogen-bond donors (Lipinski definition) is 3. The molecule has 4 rings (SSSR count). The molecule has 1 aliphatic rings. The van der Waals surface area contributed by atoms with Crippen LogP contribution in [0.2, 0.25) is 0 Å².